The van der Waals surface area contributed by atoms with Crippen molar-refractivity contribution in [2.75, 3.05) is 5.73 Å². The van der Waals surface area contributed by atoms with E-state index in [9.17, 15) is 9.59 Å². The summed E-state index contributed by atoms with van der Waals surface area (Å²) in [6.45, 7) is 0. The summed E-state index contributed by atoms with van der Waals surface area (Å²) in [5, 5.41) is 8.65. The average Bonchev–Trinajstić information content (AvgIpc) is 2.42. The van der Waals surface area contributed by atoms with Gasteiger partial charge in [0.25, 0.3) is 0 Å². The molecule has 0 heterocycles. The lowest BCUT2D eigenvalue weighted by atomic mass is 10.0. The summed E-state index contributed by atoms with van der Waals surface area (Å²) in [7, 11) is 0. The van der Waals surface area contributed by atoms with Crippen molar-refractivity contribution in [3.05, 3.63) is 29.3 Å². The first-order valence-electron chi connectivity index (χ1n) is 4.72. The number of carbonyl (C=O) groups excluding carboxylic acids is 1. The largest absolute Gasteiger partial charge is 0.481 e. The molecule has 78 valence electrons. The monoisotopic (exact) mass is 205 g/mol. The molecule has 0 bridgehead atoms. The summed E-state index contributed by atoms with van der Waals surface area (Å²) >= 11 is 0. The van der Waals surface area contributed by atoms with Crippen LogP contribution in [0.15, 0.2) is 18.2 Å². The lowest BCUT2D eigenvalue weighted by Gasteiger charge is -2.01. The second-order valence-corrected chi connectivity index (χ2v) is 3.78. The number of fused-ring (bicyclic) bond motifs is 1. The maximum atomic E-state index is 11.7. The highest BCUT2D eigenvalue weighted by Crippen LogP contribution is 2.30. The van der Waals surface area contributed by atoms with Gasteiger partial charge in [-0.2, -0.15) is 0 Å². The zero-order chi connectivity index (χ0) is 11.0. The van der Waals surface area contributed by atoms with Crippen LogP contribution < -0.4 is 5.73 Å². The Balaban J connectivity index is 2.29. The maximum Gasteiger partial charge on any atom is 0.304 e. The van der Waals surface area contributed by atoms with E-state index in [1.165, 1.54) is 0 Å². The normalized spacial score (nSPS) is 18.9. The van der Waals surface area contributed by atoms with Crippen LogP contribution >= 0.6 is 0 Å². The van der Waals surface area contributed by atoms with E-state index in [0.717, 1.165) is 5.56 Å². The number of Topliss-reactive ketones (excluding diaryl/α,β-unsaturated/α-hetero) is 1. The van der Waals surface area contributed by atoms with Crippen molar-refractivity contribution < 1.29 is 14.7 Å². The summed E-state index contributed by atoms with van der Waals surface area (Å²) in [4.78, 5) is 22.3. The number of carboxylic acids is 1. The van der Waals surface area contributed by atoms with E-state index in [2.05, 4.69) is 0 Å². The van der Waals surface area contributed by atoms with Crippen molar-refractivity contribution in [1.82, 2.24) is 0 Å². The van der Waals surface area contributed by atoms with Gasteiger partial charge in [-0.3, -0.25) is 9.59 Å². The molecule has 4 heteroatoms. The molecule has 0 saturated carbocycles. The second kappa shape index (κ2) is 3.38. The predicted octanol–water partition coefficient (Wildman–Crippen LogP) is 1.10. The SMILES string of the molecule is Nc1ccc2c(c1)CC(CC(=O)O)C2=O. The van der Waals surface area contributed by atoms with Crippen LogP contribution in [0.25, 0.3) is 0 Å². The van der Waals surface area contributed by atoms with E-state index < -0.39 is 11.9 Å². The first-order chi connectivity index (χ1) is 7.08. The smallest absolute Gasteiger partial charge is 0.304 e. The van der Waals surface area contributed by atoms with Crippen LogP contribution in [0.4, 0.5) is 5.69 Å². The zero-order valence-corrected chi connectivity index (χ0v) is 8.06. The standard InChI is InChI=1S/C11H11NO3/c12-8-1-2-9-6(4-8)3-7(11(9)15)5-10(13)14/h1-2,4,7H,3,5,12H2,(H,13,14). The zero-order valence-electron chi connectivity index (χ0n) is 8.06. The molecule has 0 radical (unpaired) electrons. The quantitative estimate of drug-likeness (QED) is 0.708. The lowest BCUT2D eigenvalue weighted by Crippen LogP contribution is -2.13. The minimum absolute atomic E-state index is 0.0765. The molecule has 1 unspecified atom stereocenters. The number of carbonyl (C=O) groups is 2. The van der Waals surface area contributed by atoms with Crippen molar-refractivity contribution in [2.45, 2.75) is 12.8 Å². The van der Waals surface area contributed by atoms with Crippen molar-refractivity contribution in [3.8, 4) is 0 Å². The van der Waals surface area contributed by atoms with Crippen LogP contribution in [0.2, 0.25) is 0 Å². The molecule has 1 aliphatic carbocycles. The molecule has 3 N–H and O–H groups in total. The molecule has 2 rings (SSSR count). The number of nitrogen functional groups attached to an aromatic ring is 1. The fourth-order valence-corrected chi connectivity index (χ4v) is 1.98. The molecule has 0 aromatic heterocycles. The highest BCUT2D eigenvalue weighted by molar-refractivity contribution is 6.03. The van der Waals surface area contributed by atoms with Gasteiger partial charge < -0.3 is 10.8 Å². The minimum atomic E-state index is -0.936. The van der Waals surface area contributed by atoms with Crippen LogP contribution in [-0.2, 0) is 11.2 Å². The van der Waals surface area contributed by atoms with Gasteiger partial charge in [0, 0.05) is 17.2 Å². The van der Waals surface area contributed by atoms with Gasteiger partial charge in [-0.25, -0.2) is 0 Å². The van der Waals surface area contributed by atoms with Crippen LogP contribution in [0, 0.1) is 5.92 Å². The molecule has 1 aromatic rings. The number of anilines is 1. The number of rotatable bonds is 2. The molecule has 0 aliphatic heterocycles. The molecule has 1 aromatic carbocycles. The average molecular weight is 205 g/mol. The number of hydrogen-bond acceptors (Lipinski definition) is 3. The van der Waals surface area contributed by atoms with Gasteiger partial charge >= 0.3 is 5.97 Å². The van der Waals surface area contributed by atoms with Gasteiger partial charge in [-0.1, -0.05) is 0 Å². The summed E-state index contributed by atoms with van der Waals surface area (Å²) in [5.41, 5.74) is 7.69. The van der Waals surface area contributed by atoms with Gasteiger partial charge in [-0.15, -0.1) is 0 Å². The van der Waals surface area contributed by atoms with Crippen molar-refractivity contribution in [2.24, 2.45) is 5.92 Å². The van der Waals surface area contributed by atoms with Crippen LogP contribution in [0.5, 0.6) is 0 Å². The maximum absolute atomic E-state index is 11.7. The number of benzene rings is 1. The third kappa shape index (κ3) is 1.70. The first kappa shape index (κ1) is 9.71. The van der Waals surface area contributed by atoms with Crippen LogP contribution in [0.3, 0.4) is 0 Å². The first-order valence-corrected chi connectivity index (χ1v) is 4.72. The third-order valence-corrected chi connectivity index (χ3v) is 2.65. The molecule has 0 fully saturated rings. The Hall–Kier alpha value is -1.84. The van der Waals surface area contributed by atoms with E-state index >= 15 is 0 Å². The Labute approximate surface area is 86.7 Å². The van der Waals surface area contributed by atoms with E-state index in [4.69, 9.17) is 10.8 Å². The minimum Gasteiger partial charge on any atom is -0.481 e. The Morgan fingerprint density at radius 1 is 1.53 bits per heavy atom. The van der Waals surface area contributed by atoms with Crippen molar-refractivity contribution >= 4 is 17.4 Å². The molecule has 0 amide bonds. The van der Waals surface area contributed by atoms with Gasteiger partial charge in [0.1, 0.15) is 0 Å². The van der Waals surface area contributed by atoms with Crippen molar-refractivity contribution in [3.63, 3.8) is 0 Å². The third-order valence-electron chi connectivity index (χ3n) is 2.65. The molecule has 0 spiro atoms. The molecular formula is C11H11NO3. The number of aliphatic carboxylic acids is 1. The van der Waals surface area contributed by atoms with Gasteiger partial charge in [0.2, 0.25) is 0 Å². The number of carboxylic acid groups (broad SMARTS) is 1. The Morgan fingerprint density at radius 3 is 2.93 bits per heavy atom. The van der Waals surface area contributed by atoms with E-state index in [1.807, 2.05) is 0 Å². The fraction of sp³-hybridized carbons (Fsp3) is 0.273. The van der Waals surface area contributed by atoms with E-state index in [-0.39, 0.29) is 12.2 Å². The Bertz CT molecular complexity index is 439. The van der Waals surface area contributed by atoms with Crippen LogP contribution in [0.1, 0.15) is 22.3 Å². The lowest BCUT2D eigenvalue weighted by molar-refractivity contribution is -0.137. The number of ketones is 1. The fourth-order valence-electron chi connectivity index (χ4n) is 1.98. The molecule has 0 saturated heterocycles. The number of hydrogen-bond donors (Lipinski definition) is 2. The summed E-state index contributed by atoms with van der Waals surface area (Å²) in [6, 6.07) is 5.09. The Kier molecular flexibility index (Phi) is 2.19. The summed E-state index contributed by atoms with van der Waals surface area (Å²) in [6.07, 6.45) is 0.388. The molecular weight excluding hydrogens is 194 g/mol. The van der Waals surface area contributed by atoms with Gasteiger partial charge in [0.15, 0.2) is 5.78 Å². The van der Waals surface area contributed by atoms with E-state index in [1.54, 1.807) is 18.2 Å². The summed E-state index contributed by atoms with van der Waals surface area (Å²) < 4.78 is 0. The van der Waals surface area contributed by atoms with Crippen LogP contribution in [-0.4, -0.2) is 16.9 Å². The van der Waals surface area contributed by atoms with Gasteiger partial charge in [0.05, 0.1) is 6.42 Å². The molecule has 4 nitrogen and oxygen atoms in total. The second-order valence-electron chi connectivity index (χ2n) is 3.78. The number of nitrogens with two attached hydrogens (primary N) is 1. The highest BCUT2D eigenvalue weighted by atomic mass is 16.4. The van der Waals surface area contributed by atoms with Gasteiger partial charge in [-0.05, 0) is 30.2 Å². The molecule has 15 heavy (non-hydrogen) atoms. The van der Waals surface area contributed by atoms with E-state index in [0.29, 0.717) is 17.7 Å². The molecule has 1 aliphatic rings. The topological polar surface area (TPSA) is 80.4 Å². The predicted molar refractivity (Wildman–Crippen MR) is 54.6 cm³/mol. The summed E-state index contributed by atoms with van der Waals surface area (Å²) in [5.74, 6) is -1.43. The van der Waals surface area contributed by atoms with Crippen molar-refractivity contribution in [1.29, 1.82) is 0 Å². The highest BCUT2D eigenvalue weighted by Gasteiger charge is 2.31. The Morgan fingerprint density at radius 2 is 2.27 bits per heavy atom. The molecule has 1 atom stereocenters.